The number of aromatic nitrogens is 3. The molecule has 2 N–H and O–H groups in total. The molecule has 29 heavy (non-hydrogen) atoms. The van der Waals surface area contributed by atoms with Gasteiger partial charge in [-0.1, -0.05) is 73.5 Å². The van der Waals surface area contributed by atoms with Crippen molar-refractivity contribution in [3.05, 3.63) is 88.9 Å². The zero-order chi connectivity index (χ0) is 20.2. The van der Waals surface area contributed by atoms with E-state index in [4.69, 9.17) is 10.7 Å². The highest BCUT2D eigenvalue weighted by molar-refractivity contribution is 5.86. The van der Waals surface area contributed by atoms with Gasteiger partial charge in [-0.2, -0.15) is 0 Å². The molecule has 0 atom stereocenters. The number of unbranched alkanes of at least 4 members (excludes halogenated alkanes) is 1. The molecule has 0 amide bonds. The molecule has 4 heteroatoms. The van der Waals surface area contributed by atoms with Crippen molar-refractivity contribution in [3.63, 3.8) is 0 Å². The standard InChI is InChI=1S/C25H28N4/c1-3-4-10-23-28-24-22(29(23)17-20-8-6-5-7-9-20)16-21(27-25(24)26)15-19-13-11-18(2)12-14-19/h5-9,11-14,16H,3-4,10,15,17H2,1-2H3,(H2,26,27). The summed E-state index contributed by atoms with van der Waals surface area (Å²) in [6.07, 6.45) is 3.97. The Balaban J connectivity index is 1.76. The lowest BCUT2D eigenvalue weighted by molar-refractivity contribution is 0.690. The van der Waals surface area contributed by atoms with Crippen LogP contribution < -0.4 is 5.73 Å². The first-order chi connectivity index (χ1) is 14.1. The molecule has 2 heterocycles. The molecule has 0 radical (unpaired) electrons. The van der Waals surface area contributed by atoms with Crippen molar-refractivity contribution in [2.75, 3.05) is 5.73 Å². The Morgan fingerprint density at radius 1 is 0.931 bits per heavy atom. The monoisotopic (exact) mass is 384 g/mol. The van der Waals surface area contributed by atoms with Crippen LogP contribution in [0.5, 0.6) is 0 Å². The minimum Gasteiger partial charge on any atom is -0.382 e. The van der Waals surface area contributed by atoms with E-state index in [0.29, 0.717) is 5.82 Å². The maximum Gasteiger partial charge on any atom is 0.151 e. The summed E-state index contributed by atoms with van der Waals surface area (Å²) in [5.41, 5.74) is 13.0. The fraction of sp³-hybridized carbons (Fsp3) is 0.280. The fourth-order valence-corrected chi connectivity index (χ4v) is 3.72. The van der Waals surface area contributed by atoms with E-state index >= 15 is 0 Å². The van der Waals surface area contributed by atoms with E-state index < -0.39 is 0 Å². The Morgan fingerprint density at radius 3 is 2.41 bits per heavy atom. The first kappa shape index (κ1) is 19.2. The van der Waals surface area contributed by atoms with Gasteiger partial charge in [0.05, 0.1) is 5.52 Å². The van der Waals surface area contributed by atoms with Crippen LogP contribution in [0.1, 0.15) is 48.0 Å². The van der Waals surface area contributed by atoms with Gasteiger partial charge in [-0.25, -0.2) is 9.97 Å². The highest BCUT2D eigenvalue weighted by Crippen LogP contribution is 2.25. The van der Waals surface area contributed by atoms with Crippen LogP contribution in [0.2, 0.25) is 0 Å². The van der Waals surface area contributed by atoms with Crippen LogP contribution in [0.4, 0.5) is 5.82 Å². The first-order valence-electron chi connectivity index (χ1n) is 10.4. The quantitative estimate of drug-likeness (QED) is 0.470. The van der Waals surface area contributed by atoms with E-state index in [1.807, 2.05) is 0 Å². The van der Waals surface area contributed by atoms with E-state index in [9.17, 15) is 0 Å². The molecule has 0 spiro atoms. The number of rotatable bonds is 7. The molecule has 2 aromatic carbocycles. The summed E-state index contributed by atoms with van der Waals surface area (Å²) in [6, 6.07) is 21.3. The summed E-state index contributed by atoms with van der Waals surface area (Å²) < 4.78 is 2.32. The van der Waals surface area contributed by atoms with Crippen LogP contribution >= 0.6 is 0 Å². The lowest BCUT2D eigenvalue weighted by Gasteiger charge is -2.10. The van der Waals surface area contributed by atoms with Crippen LogP contribution in [-0.4, -0.2) is 14.5 Å². The third-order valence-electron chi connectivity index (χ3n) is 5.34. The minimum atomic E-state index is 0.522. The second-order valence-electron chi connectivity index (χ2n) is 7.73. The van der Waals surface area contributed by atoms with Crippen molar-refractivity contribution in [1.82, 2.24) is 14.5 Å². The highest BCUT2D eigenvalue weighted by atomic mass is 15.1. The molecule has 0 aliphatic carbocycles. The Hall–Kier alpha value is -3.14. The van der Waals surface area contributed by atoms with Gasteiger partial charge in [-0.15, -0.1) is 0 Å². The van der Waals surface area contributed by atoms with Crippen molar-refractivity contribution in [2.24, 2.45) is 0 Å². The van der Waals surface area contributed by atoms with E-state index in [0.717, 1.165) is 54.8 Å². The number of imidazole rings is 1. The van der Waals surface area contributed by atoms with Crippen LogP contribution in [0.3, 0.4) is 0 Å². The van der Waals surface area contributed by atoms with Crippen LogP contribution in [0, 0.1) is 6.92 Å². The van der Waals surface area contributed by atoms with Gasteiger partial charge < -0.3 is 10.3 Å². The van der Waals surface area contributed by atoms with E-state index in [1.165, 1.54) is 16.7 Å². The number of fused-ring (bicyclic) bond motifs is 1. The van der Waals surface area contributed by atoms with Crippen molar-refractivity contribution in [1.29, 1.82) is 0 Å². The molecule has 2 aromatic heterocycles. The normalized spacial score (nSPS) is 11.2. The average molecular weight is 385 g/mol. The Kier molecular flexibility index (Phi) is 5.61. The maximum absolute atomic E-state index is 6.35. The van der Waals surface area contributed by atoms with E-state index in [1.54, 1.807) is 0 Å². The zero-order valence-electron chi connectivity index (χ0n) is 17.2. The SMILES string of the molecule is CCCCc1nc2c(N)nc(Cc3ccc(C)cc3)cc2n1Cc1ccccc1. The number of hydrogen-bond acceptors (Lipinski definition) is 3. The summed E-state index contributed by atoms with van der Waals surface area (Å²) in [7, 11) is 0. The molecular weight excluding hydrogens is 356 g/mol. The second-order valence-corrected chi connectivity index (χ2v) is 7.73. The molecule has 0 saturated heterocycles. The molecule has 0 saturated carbocycles. The van der Waals surface area contributed by atoms with Gasteiger partial charge in [-0.05, 0) is 30.5 Å². The summed E-state index contributed by atoms with van der Waals surface area (Å²) in [6.45, 7) is 5.11. The minimum absolute atomic E-state index is 0.522. The molecule has 0 fully saturated rings. The number of hydrogen-bond donors (Lipinski definition) is 1. The molecule has 0 unspecified atom stereocenters. The summed E-state index contributed by atoms with van der Waals surface area (Å²) >= 11 is 0. The summed E-state index contributed by atoms with van der Waals surface area (Å²) in [5.74, 6) is 1.61. The topological polar surface area (TPSA) is 56.7 Å². The lowest BCUT2D eigenvalue weighted by Crippen LogP contribution is -2.06. The molecule has 0 bridgehead atoms. The Bertz CT molecular complexity index is 1100. The molecule has 0 aliphatic rings. The molecular formula is C25H28N4. The van der Waals surface area contributed by atoms with Crippen LogP contribution in [-0.2, 0) is 19.4 Å². The number of nitrogens with two attached hydrogens (primary N) is 1. The lowest BCUT2D eigenvalue weighted by atomic mass is 10.1. The van der Waals surface area contributed by atoms with Crippen molar-refractivity contribution in [2.45, 2.75) is 46.1 Å². The van der Waals surface area contributed by atoms with Crippen molar-refractivity contribution < 1.29 is 0 Å². The fourth-order valence-electron chi connectivity index (χ4n) is 3.72. The maximum atomic E-state index is 6.35. The highest BCUT2D eigenvalue weighted by Gasteiger charge is 2.15. The predicted octanol–water partition coefficient (Wildman–Crippen LogP) is 5.30. The van der Waals surface area contributed by atoms with Crippen LogP contribution in [0.15, 0.2) is 60.7 Å². The summed E-state index contributed by atoms with van der Waals surface area (Å²) in [4.78, 5) is 9.54. The number of aryl methyl sites for hydroxylation is 2. The smallest absolute Gasteiger partial charge is 0.151 e. The van der Waals surface area contributed by atoms with Gasteiger partial charge in [0.1, 0.15) is 11.3 Å². The van der Waals surface area contributed by atoms with Crippen molar-refractivity contribution >= 4 is 16.9 Å². The summed E-state index contributed by atoms with van der Waals surface area (Å²) in [5, 5.41) is 0. The number of benzene rings is 2. The number of nitrogens with zero attached hydrogens (tertiary/aromatic N) is 3. The molecule has 0 aliphatic heterocycles. The average Bonchev–Trinajstić information content (AvgIpc) is 3.07. The van der Waals surface area contributed by atoms with Gasteiger partial charge >= 0.3 is 0 Å². The number of anilines is 1. The predicted molar refractivity (Wildman–Crippen MR) is 120 cm³/mol. The van der Waals surface area contributed by atoms with Gasteiger partial charge in [0.15, 0.2) is 5.82 Å². The van der Waals surface area contributed by atoms with E-state index in [2.05, 4.69) is 84.1 Å². The Morgan fingerprint density at radius 2 is 1.69 bits per heavy atom. The molecule has 4 aromatic rings. The molecule has 148 valence electrons. The van der Waals surface area contributed by atoms with Gasteiger partial charge in [-0.3, -0.25) is 0 Å². The number of nitrogen functional groups attached to an aromatic ring is 1. The largest absolute Gasteiger partial charge is 0.382 e. The van der Waals surface area contributed by atoms with E-state index in [-0.39, 0.29) is 0 Å². The zero-order valence-corrected chi connectivity index (χ0v) is 17.2. The molecule has 4 rings (SSSR count). The van der Waals surface area contributed by atoms with Gasteiger partial charge in [0, 0.05) is 25.1 Å². The van der Waals surface area contributed by atoms with Crippen LogP contribution in [0.25, 0.3) is 11.0 Å². The number of pyridine rings is 1. The molecule has 4 nitrogen and oxygen atoms in total. The third-order valence-corrected chi connectivity index (χ3v) is 5.34. The second kappa shape index (κ2) is 8.48. The Labute approximate surface area is 172 Å². The first-order valence-corrected chi connectivity index (χ1v) is 10.4. The van der Waals surface area contributed by atoms with Crippen molar-refractivity contribution in [3.8, 4) is 0 Å². The van der Waals surface area contributed by atoms with Gasteiger partial charge in [0.25, 0.3) is 0 Å². The third kappa shape index (κ3) is 4.32. The van der Waals surface area contributed by atoms with Gasteiger partial charge in [0.2, 0.25) is 0 Å².